The van der Waals surface area contributed by atoms with Crippen molar-refractivity contribution in [3.63, 3.8) is 0 Å². The van der Waals surface area contributed by atoms with Crippen LogP contribution in [-0.2, 0) is 19.1 Å². The lowest BCUT2D eigenvalue weighted by atomic mass is 9.99. The van der Waals surface area contributed by atoms with Crippen LogP contribution < -0.4 is 5.73 Å². The number of likely N-dealkylation sites (N-methyl/N-ethyl adjacent to an activating group) is 1. The molecule has 6 atom stereocenters. The first kappa shape index (κ1) is 37.0. The first-order valence-electron chi connectivity index (χ1n) is 20.5. The molecule has 0 saturated carbocycles. The Hall–Kier alpha value is -5.59. The van der Waals surface area contributed by atoms with E-state index in [1.54, 1.807) is 0 Å². The van der Waals surface area contributed by atoms with Crippen molar-refractivity contribution in [3.05, 3.63) is 108 Å². The number of hydrogen-bond acceptors (Lipinski definition) is 6. The van der Waals surface area contributed by atoms with Gasteiger partial charge >= 0.3 is 0 Å². The third kappa shape index (κ3) is 6.95. The van der Waals surface area contributed by atoms with Crippen LogP contribution in [0.5, 0.6) is 0 Å². The van der Waals surface area contributed by atoms with Gasteiger partial charge in [-0.3, -0.25) is 14.4 Å². The Bertz CT molecular complexity index is 2230. The van der Waals surface area contributed by atoms with Gasteiger partial charge in [-0.05, 0) is 60.8 Å². The van der Waals surface area contributed by atoms with E-state index in [0.717, 1.165) is 102 Å². The largest absolute Gasteiger partial charge is 0.368 e. The number of ether oxygens (including phenoxy) is 1. The molecule has 3 amide bonds. The molecule has 4 aliphatic heterocycles. The van der Waals surface area contributed by atoms with Crippen LogP contribution in [0.1, 0.15) is 86.7 Å². The number of benzene rings is 3. The highest BCUT2D eigenvalue weighted by molar-refractivity contribution is 5.85. The fourth-order valence-corrected chi connectivity index (χ4v) is 9.92. The summed E-state index contributed by atoms with van der Waals surface area (Å²) in [4.78, 5) is 60.9. The summed E-state index contributed by atoms with van der Waals surface area (Å²) >= 11 is 0. The normalized spacial score (nSPS) is 25.3. The number of aromatic amines is 2. The van der Waals surface area contributed by atoms with Crippen LogP contribution in [0.15, 0.2) is 91.3 Å². The van der Waals surface area contributed by atoms with Gasteiger partial charge in [-0.2, -0.15) is 0 Å². The predicted molar refractivity (Wildman–Crippen MR) is 216 cm³/mol. The number of aromatic nitrogens is 4. The lowest BCUT2D eigenvalue weighted by Crippen LogP contribution is -2.59. The van der Waals surface area contributed by atoms with Crippen LogP contribution in [0.3, 0.4) is 0 Å². The number of rotatable bonds is 10. The minimum absolute atomic E-state index is 0.0164. The van der Waals surface area contributed by atoms with E-state index in [1.807, 2.05) is 59.6 Å². The molecule has 1 unspecified atom stereocenters. The minimum Gasteiger partial charge on any atom is -0.368 e. The second-order valence-electron chi connectivity index (χ2n) is 16.3. The molecule has 0 bridgehead atoms. The number of imidazole rings is 2. The summed E-state index contributed by atoms with van der Waals surface area (Å²) < 4.78 is 5.98. The monoisotopic (exact) mass is 767 g/mol. The van der Waals surface area contributed by atoms with E-state index >= 15 is 0 Å². The zero-order valence-electron chi connectivity index (χ0n) is 32.5. The highest BCUT2D eigenvalue weighted by Gasteiger charge is 2.53. The second-order valence-corrected chi connectivity index (χ2v) is 16.3. The van der Waals surface area contributed by atoms with Crippen LogP contribution in [0.25, 0.3) is 33.6 Å². The standard InChI is InChI=1S/C45H50N8O4/c1-53(25-7-13-38(53)41(46)54)40(33-9-3-2-4-10-33)45(56)52-24-6-12-37(52)43-48-28-35(50-43)32-21-17-30(18-22-32)29-15-19-31(20-16-29)34-27-47-42(49-34)36-11-5-23-51(36)44(55)39-14-8-26-57-39/h2-4,9-10,15-22,27-28,36-40H,5-8,11-14,23-26H2,1H3,(H3-,46,47,48,49,50,54)/p+1/t36-,37-,38-,39+,40+,53?/m0/s1. The molecule has 3 aromatic carbocycles. The van der Waals surface area contributed by atoms with Crippen LogP contribution in [0.4, 0.5) is 0 Å². The zero-order valence-corrected chi connectivity index (χ0v) is 32.5. The minimum atomic E-state index is -0.531. The third-order valence-electron chi connectivity index (χ3n) is 12.9. The maximum Gasteiger partial charge on any atom is 0.286 e. The maximum atomic E-state index is 14.7. The van der Waals surface area contributed by atoms with Crippen molar-refractivity contribution in [2.45, 2.75) is 81.6 Å². The Morgan fingerprint density at radius 1 is 0.719 bits per heavy atom. The second kappa shape index (κ2) is 15.4. The first-order valence-corrected chi connectivity index (χ1v) is 20.5. The van der Waals surface area contributed by atoms with Gasteiger partial charge in [0.25, 0.3) is 17.7 Å². The summed E-state index contributed by atoms with van der Waals surface area (Å²) in [6, 6.07) is 25.5. The van der Waals surface area contributed by atoms with E-state index in [0.29, 0.717) is 30.6 Å². The molecule has 5 aromatic rings. The van der Waals surface area contributed by atoms with Crippen molar-refractivity contribution in [2.24, 2.45) is 5.73 Å². The molecule has 294 valence electrons. The highest BCUT2D eigenvalue weighted by Crippen LogP contribution is 2.42. The van der Waals surface area contributed by atoms with Crippen molar-refractivity contribution in [3.8, 4) is 33.6 Å². The number of likely N-dealkylation sites (tertiary alicyclic amines) is 3. The molecule has 4 saturated heterocycles. The molecule has 57 heavy (non-hydrogen) atoms. The van der Waals surface area contributed by atoms with Gasteiger partial charge in [0.2, 0.25) is 0 Å². The molecule has 12 heteroatoms. The molecule has 4 fully saturated rings. The molecule has 4 N–H and O–H groups in total. The predicted octanol–water partition coefficient (Wildman–Crippen LogP) is 6.48. The number of primary amides is 1. The van der Waals surface area contributed by atoms with E-state index in [2.05, 4.69) is 58.5 Å². The molecular weight excluding hydrogens is 717 g/mol. The fourth-order valence-electron chi connectivity index (χ4n) is 9.92. The van der Waals surface area contributed by atoms with Crippen molar-refractivity contribution in [1.29, 1.82) is 0 Å². The number of nitrogens with zero attached hydrogens (tertiary/aromatic N) is 5. The van der Waals surface area contributed by atoms with E-state index in [4.69, 9.17) is 20.4 Å². The smallest absolute Gasteiger partial charge is 0.286 e. The molecule has 6 heterocycles. The Morgan fingerprint density at radius 3 is 1.84 bits per heavy atom. The van der Waals surface area contributed by atoms with E-state index in [9.17, 15) is 14.4 Å². The number of nitrogens with two attached hydrogens (primary N) is 1. The SMILES string of the molecule is C[N+]1([C@@H](C(=O)N2CCC[C@H]2c2ncc(-c3ccc(-c4ccc(-c5cnc([C@@H]6CCCN6C(=O)[C@H]6CCCO6)[nH]5)cc4)cc3)[nH]2)c2ccccc2)CCC[C@H]1C(N)=O. The van der Waals surface area contributed by atoms with Gasteiger partial charge in [0.05, 0.1) is 49.5 Å². The third-order valence-corrected chi connectivity index (χ3v) is 12.9. The van der Waals surface area contributed by atoms with Crippen LogP contribution in [0, 0.1) is 0 Å². The quantitative estimate of drug-likeness (QED) is 0.139. The molecule has 2 aromatic heterocycles. The van der Waals surface area contributed by atoms with Gasteiger partial charge in [-0.1, -0.05) is 78.9 Å². The van der Waals surface area contributed by atoms with Gasteiger partial charge in [0.15, 0.2) is 12.1 Å². The lowest BCUT2D eigenvalue weighted by Gasteiger charge is -2.42. The molecule has 9 rings (SSSR count). The Balaban J connectivity index is 0.882. The van der Waals surface area contributed by atoms with Gasteiger partial charge < -0.3 is 34.7 Å². The number of amides is 3. The molecular formula is C45H51N8O4+. The molecule has 0 aliphatic carbocycles. The number of quaternary nitrogens is 1. The maximum absolute atomic E-state index is 14.7. The van der Waals surface area contributed by atoms with Gasteiger partial charge in [-0.15, -0.1) is 0 Å². The summed E-state index contributed by atoms with van der Waals surface area (Å²) in [5, 5.41) is 0. The summed E-state index contributed by atoms with van der Waals surface area (Å²) in [7, 11) is 2.02. The molecule has 0 spiro atoms. The van der Waals surface area contributed by atoms with Gasteiger partial charge in [0.1, 0.15) is 17.8 Å². The topological polar surface area (TPSA) is 150 Å². The number of carbonyl (C=O) groups is 3. The van der Waals surface area contributed by atoms with E-state index in [-0.39, 0.29) is 35.9 Å². The number of H-pyrrole nitrogens is 2. The summed E-state index contributed by atoms with van der Waals surface area (Å²) in [5.41, 5.74) is 12.9. The molecule has 4 aliphatic rings. The first-order chi connectivity index (χ1) is 27.8. The number of carbonyl (C=O) groups excluding carboxylic acids is 3. The summed E-state index contributed by atoms with van der Waals surface area (Å²) in [6.45, 7) is 2.75. The van der Waals surface area contributed by atoms with Crippen LogP contribution in [0.2, 0.25) is 0 Å². The van der Waals surface area contributed by atoms with Gasteiger partial charge in [0, 0.05) is 38.1 Å². The summed E-state index contributed by atoms with van der Waals surface area (Å²) in [5.74, 6) is 1.36. The van der Waals surface area contributed by atoms with Crippen LogP contribution in [-0.4, -0.2) is 97.4 Å². The average molecular weight is 768 g/mol. The Labute approximate surface area is 333 Å². The average Bonchev–Trinajstić information content (AvgIpc) is 4.09. The zero-order chi connectivity index (χ0) is 39.1. The fraction of sp³-hybridized carbons (Fsp3) is 0.400. The highest BCUT2D eigenvalue weighted by atomic mass is 16.5. The lowest BCUT2D eigenvalue weighted by molar-refractivity contribution is -0.933. The Kier molecular flexibility index (Phi) is 10.00. The number of nitrogens with one attached hydrogen (secondary N) is 2. The van der Waals surface area contributed by atoms with Crippen molar-refractivity contribution < 1.29 is 23.6 Å². The Morgan fingerprint density at radius 2 is 1.28 bits per heavy atom. The van der Waals surface area contributed by atoms with Crippen molar-refractivity contribution in [2.75, 3.05) is 33.3 Å². The summed E-state index contributed by atoms with van der Waals surface area (Å²) in [6.07, 6.45) is 10.2. The van der Waals surface area contributed by atoms with Crippen molar-refractivity contribution in [1.82, 2.24) is 29.7 Å². The van der Waals surface area contributed by atoms with Crippen LogP contribution >= 0.6 is 0 Å². The number of hydrogen-bond donors (Lipinski definition) is 3. The van der Waals surface area contributed by atoms with E-state index < -0.39 is 12.1 Å². The molecule has 0 radical (unpaired) electrons. The van der Waals surface area contributed by atoms with Crippen molar-refractivity contribution >= 4 is 17.7 Å². The molecule has 12 nitrogen and oxygen atoms in total. The van der Waals surface area contributed by atoms with Gasteiger partial charge in [-0.25, -0.2) is 9.97 Å². The van der Waals surface area contributed by atoms with E-state index in [1.165, 1.54) is 0 Å².